The third-order valence-corrected chi connectivity index (χ3v) is 3.70. The Morgan fingerprint density at radius 3 is 2.63 bits per heavy atom. The van der Waals surface area contributed by atoms with Gasteiger partial charge in [-0.25, -0.2) is 0 Å². The van der Waals surface area contributed by atoms with Crippen molar-refractivity contribution in [3.8, 4) is 6.07 Å². The maximum atomic E-state index is 8.90. The average Bonchev–Trinajstić information content (AvgIpc) is 2.41. The minimum atomic E-state index is 0.754. The fourth-order valence-electron chi connectivity index (χ4n) is 2.33. The SMILES string of the molecule is Cc1cc(NCCN2CCN(C)CC2)ccc1C#N. The van der Waals surface area contributed by atoms with Crippen LogP contribution >= 0.6 is 0 Å². The first-order valence-electron chi connectivity index (χ1n) is 6.84. The number of likely N-dealkylation sites (N-methyl/N-ethyl adjacent to an activating group) is 1. The zero-order valence-corrected chi connectivity index (χ0v) is 11.8. The third-order valence-electron chi connectivity index (χ3n) is 3.70. The van der Waals surface area contributed by atoms with E-state index < -0.39 is 0 Å². The molecule has 4 nitrogen and oxygen atoms in total. The first-order chi connectivity index (χ1) is 9.19. The normalized spacial score (nSPS) is 17.1. The molecule has 1 aromatic rings. The Balaban J connectivity index is 1.77. The Morgan fingerprint density at radius 2 is 2.00 bits per heavy atom. The van der Waals surface area contributed by atoms with Gasteiger partial charge in [-0.2, -0.15) is 5.26 Å². The molecule has 1 saturated heterocycles. The molecule has 1 heterocycles. The molecule has 1 fully saturated rings. The van der Waals surface area contributed by atoms with Crippen LogP contribution in [0.4, 0.5) is 5.69 Å². The highest BCUT2D eigenvalue weighted by Gasteiger charge is 2.12. The smallest absolute Gasteiger partial charge is 0.0994 e. The third kappa shape index (κ3) is 3.95. The van der Waals surface area contributed by atoms with E-state index in [9.17, 15) is 0 Å². The Hall–Kier alpha value is -1.57. The second kappa shape index (κ2) is 6.55. The van der Waals surface area contributed by atoms with Gasteiger partial charge < -0.3 is 10.2 Å². The van der Waals surface area contributed by atoms with Gasteiger partial charge in [0.2, 0.25) is 0 Å². The Morgan fingerprint density at radius 1 is 1.26 bits per heavy atom. The first kappa shape index (κ1) is 13.9. The Labute approximate surface area is 115 Å². The van der Waals surface area contributed by atoms with E-state index in [1.165, 1.54) is 0 Å². The highest BCUT2D eigenvalue weighted by atomic mass is 15.2. The van der Waals surface area contributed by atoms with Gasteiger partial charge in [-0.1, -0.05) is 0 Å². The van der Waals surface area contributed by atoms with Crippen LogP contribution in [-0.2, 0) is 0 Å². The van der Waals surface area contributed by atoms with Crippen LogP contribution < -0.4 is 5.32 Å². The second-order valence-corrected chi connectivity index (χ2v) is 5.21. The summed E-state index contributed by atoms with van der Waals surface area (Å²) in [4.78, 5) is 4.86. The summed E-state index contributed by atoms with van der Waals surface area (Å²) in [6.45, 7) is 8.65. The predicted octanol–water partition coefficient (Wildman–Crippen LogP) is 1.53. The van der Waals surface area contributed by atoms with Gasteiger partial charge in [-0.3, -0.25) is 4.90 Å². The van der Waals surface area contributed by atoms with Gasteiger partial charge in [0.1, 0.15) is 0 Å². The topological polar surface area (TPSA) is 42.3 Å². The molecule has 1 N–H and O–H groups in total. The lowest BCUT2D eigenvalue weighted by Gasteiger charge is -2.32. The summed E-state index contributed by atoms with van der Waals surface area (Å²) >= 11 is 0. The van der Waals surface area contributed by atoms with Gasteiger partial charge in [0.25, 0.3) is 0 Å². The van der Waals surface area contributed by atoms with E-state index in [4.69, 9.17) is 5.26 Å². The summed E-state index contributed by atoms with van der Waals surface area (Å²) in [5.41, 5.74) is 2.89. The Kier molecular flexibility index (Phi) is 4.78. The predicted molar refractivity (Wildman–Crippen MR) is 78.3 cm³/mol. The van der Waals surface area contributed by atoms with E-state index in [1.807, 2.05) is 25.1 Å². The number of nitriles is 1. The fourth-order valence-corrected chi connectivity index (χ4v) is 2.33. The number of piperazine rings is 1. The second-order valence-electron chi connectivity index (χ2n) is 5.21. The summed E-state index contributed by atoms with van der Waals surface area (Å²) in [5.74, 6) is 0. The molecule has 2 rings (SSSR count). The maximum absolute atomic E-state index is 8.90. The van der Waals surface area contributed by atoms with Crippen LogP contribution in [0, 0.1) is 18.3 Å². The van der Waals surface area contributed by atoms with Crippen LogP contribution in [-0.4, -0.2) is 56.1 Å². The number of aryl methyl sites for hydroxylation is 1. The number of benzene rings is 1. The first-order valence-corrected chi connectivity index (χ1v) is 6.84. The molecular weight excluding hydrogens is 236 g/mol. The summed E-state index contributed by atoms with van der Waals surface area (Å²) in [6.07, 6.45) is 0. The number of nitrogens with zero attached hydrogens (tertiary/aromatic N) is 3. The standard InChI is InChI=1S/C15H22N4/c1-13-11-15(4-3-14(13)12-16)17-5-6-19-9-7-18(2)8-10-19/h3-4,11,17H,5-10H2,1-2H3. The van der Waals surface area contributed by atoms with Crippen molar-refractivity contribution in [2.45, 2.75) is 6.92 Å². The lowest BCUT2D eigenvalue weighted by Crippen LogP contribution is -2.45. The van der Waals surface area contributed by atoms with Crippen molar-refractivity contribution >= 4 is 5.69 Å². The van der Waals surface area contributed by atoms with E-state index in [-0.39, 0.29) is 0 Å². The van der Waals surface area contributed by atoms with Crippen LogP contribution in [0.15, 0.2) is 18.2 Å². The van der Waals surface area contributed by atoms with Crippen molar-refractivity contribution in [3.63, 3.8) is 0 Å². The molecule has 1 aromatic carbocycles. The Bertz CT molecular complexity index is 456. The zero-order chi connectivity index (χ0) is 13.7. The molecule has 1 aliphatic heterocycles. The molecule has 0 unspecified atom stereocenters. The van der Waals surface area contributed by atoms with Crippen LogP contribution in [0.25, 0.3) is 0 Å². The van der Waals surface area contributed by atoms with E-state index in [2.05, 4.69) is 28.2 Å². The molecule has 19 heavy (non-hydrogen) atoms. The van der Waals surface area contributed by atoms with Gasteiger partial charge in [-0.05, 0) is 37.7 Å². The number of hydrogen-bond donors (Lipinski definition) is 1. The van der Waals surface area contributed by atoms with E-state index in [0.717, 1.165) is 56.1 Å². The highest BCUT2D eigenvalue weighted by Crippen LogP contribution is 2.14. The summed E-state index contributed by atoms with van der Waals surface area (Å²) in [6, 6.07) is 8.10. The maximum Gasteiger partial charge on any atom is 0.0994 e. The highest BCUT2D eigenvalue weighted by molar-refractivity contribution is 5.51. The van der Waals surface area contributed by atoms with Gasteiger partial charge >= 0.3 is 0 Å². The lowest BCUT2D eigenvalue weighted by atomic mass is 10.1. The minimum Gasteiger partial charge on any atom is -0.384 e. The van der Waals surface area contributed by atoms with Crippen LogP contribution in [0.1, 0.15) is 11.1 Å². The number of hydrogen-bond acceptors (Lipinski definition) is 4. The summed E-state index contributed by atoms with van der Waals surface area (Å²) in [5, 5.41) is 12.3. The van der Waals surface area contributed by atoms with Crippen molar-refractivity contribution in [3.05, 3.63) is 29.3 Å². The molecule has 0 spiro atoms. The molecular formula is C15H22N4. The average molecular weight is 258 g/mol. The van der Waals surface area contributed by atoms with Crippen LogP contribution in [0.5, 0.6) is 0 Å². The van der Waals surface area contributed by atoms with Crippen molar-refractivity contribution < 1.29 is 0 Å². The fraction of sp³-hybridized carbons (Fsp3) is 0.533. The van der Waals surface area contributed by atoms with Gasteiger partial charge in [-0.15, -0.1) is 0 Å². The quantitative estimate of drug-likeness (QED) is 0.889. The van der Waals surface area contributed by atoms with Crippen molar-refractivity contribution in [2.24, 2.45) is 0 Å². The number of rotatable bonds is 4. The van der Waals surface area contributed by atoms with Crippen LogP contribution in [0.3, 0.4) is 0 Å². The molecule has 1 aliphatic rings. The van der Waals surface area contributed by atoms with Crippen molar-refractivity contribution in [1.29, 1.82) is 5.26 Å². The number of anilines is 1. The molecule has 4 heteroatoms. The van der Waals surface area contributed by atoms with E-state index in [1.54, 1.807) is 0 Å². The minimum absolute atomic E-state index is 0.754. The van der Waals surface area contributed by atoms with Crippen molar-refractivity contribution in [2.75, 3.05) is 51.6 Å². The zero-order valence-electron chi connectivity index (χ0n) is 11.8. The molecule has 0 amide bonds. The summed E-state index contributed by atoms with van der Waals surface area (Å²) in [7, 11) is 2.18. The number of nitrogens with one attached hydrogen (secondary N) is 1. The van der Waals surface area contributed by atoms with E-state index in [0.29, 0.717) is 0 Å². The summed E-state index contributed by atoms with van der Waals surface area (Å²) < 4.78 is 0. The van der Waals surface area contributed by atoms with Gasteiger partial charge in [0.05, 0.1) is 11.6 Å². The molecule has 0 bridgehead atoms. The molecule has 0 aliphatic carbocycles. The molecule has 0 saturated carbocycles. The molecule has 0 atom stereocenters. The lowest BCUT2D eigenvalue weighted by molar-refractivity contribution is 0.158. The van der Waals surface area contributed by atoms with Crippen LogP contribution in [0.2, 0.25) is 0 Å². The van der Waals surface area contributed by atoms with Gasteiger partial charge in [0.15, 0.2) is 0 Å². The molecule has 0 aromatic heterocycles. The van der Waals surface area contributed by atoms with Gasteiger partial charge in [0, 0.05) is 45.0 Å². The molecule has 0 radical (unpaired) electrons. The monoisotopic (exact) mass is 258 g/mol. The van der Waals surface area contributed by atoms with Crippen molar-refractivity contribution in [1.82, 2.24) is 9.80 Å². The van der Waals surface area contributed by atoms with E-state index >= 15 is 0 Å². The molecule has 102 valence electrons. The largest absolute Gasteiger partial charge is 0.384 e.